The van der Waals surface area contributed by atoms with Crippen molar-refractivity contribution in [2.24, 2.45) is 0 Å². The second kappa shape index (κ2) is 10.3. The number of amides is 3. The highest BCUT2D eigenvalue weighted by molar-refractivity contribution is 6.10. The van der Waals surface area contributed by atoms with Gasteiger partial charge in [-0.2, -0.15) is 8.78 Å². The van der Waals surface area contributed by atoms with Gasteiger partial charge in [-0.1, -0.05) is 0 Å². The Morgan fingerprint density at radius 3 is 2.40 bits per heavy atom. The van der Waals surface area contributed by atoms with E-state index in [0.717, 1.165) is 17.0 Å². The van der Waals surface area contributed by atoms with Gasteiger partial charge >= 0.3 is 11.8 Å². The number of fused-ring (bicyclic) bond motifs is 1. The van der Waals surface area contributed by atoms with Crippen molar-refractivity contribution < 1.29 is 50.9 Å². The lowest BCUT2D eigenvalue weighted by Gasteiger charge is -2.30. The fourth-order valence-electron chi connectivity index (χ4n) is 3.05. The summed E-state index contributed by atoms with van der Waals surface area (Å²) >= 11 is 0. The minimum absolute atomic E-state index is 0.0210. The van der Waals surface area contributed by atoms with E-state index in [1.54, 1.807) is 0 Å². The van der Waals surface area contributed by atoms with Crippen LogP contribution >= 0.6 is 0 Å². The molecule has 196 valence electrons. The zero-order chi connectivity index (χ0) is 26.8. The molecule has 2 rings (SSSR count). The monoisotopic (exact) mass is 511 g/mol. The molecule has 35 heavy (non-hydrogen) atoms. The first-order valence-corrected chi connectivity index (χ1v) is 10.4. The highest BCUT2D eigenvalue weighted by Gasteiger charge is 2.53. The lowest BCUT2D eigenvalue weighted by atomic mass is 10.0. The van der Waals surface area contributed by atoms with Crippen LogP contribution in [0, 0.1) is 5.82 Å². The summed E-state index contributed by atoms with van der Waals surface area (Å²) in [4.78, 5) is 39.2. The van der Waals surface area contributed by atoms with Crippen molar-refractivity contribution >= 4 is 23.4 Å². The molecular formula is C21H26F5N3O6. The number of hydrogen-bond donors (Lipinski definition) is 3. The molecule has 1 heterocycles. The number of hydrogen-bond acceptors (Lipinski definition) is 6. The third-order valence-corrected chi connectivity index (χ3v) is 5.33. The van der Waals surface area contributed by atoms with E-state index >= 15 is 0 Å². The first-order chi connectivity index (χ1) is 16.0. The number of aliphatic hydroxyl groups is 1. The fraction of sp³-hybridized carbons (Fsp3) is 0.571. The summed E-state index contributed by atoms with van der Waals surface area (Å²) < 4.78 is 77.3. The van der Waals surface area contributed by atoms with Crippen LogP contribution in [0.15, 0.2) is 18.2 Å². The molecule has 3 amide bonds. The number of halogens is 5. The SMILES string of the molecule is COCCN1C(=O)C(NC(=O)C(C)(O)C(=O)NCC(F)(F)C(C)(F)F)C(C)Oc2ccc(F)cc21. The molecule has 3 atom stereocenters. The second-order valence-corrected chi connectivity index (χ2v) is 8.22. The molecule has 14 heteroatoms. The number of nitrogens with zero attached hydrogens (tertiary/aromatic N) is 1. The molecule has 0 aromatic heterocycles. The molecule has 3 unspecified atom stereocenters. The van der Waals surface area contributed by atoms with E-state index in [1.807, 2.05) is 0 Å². The number of nitrogens with one attached hydrogen (secondary N) is 2. The van der Waals surface area contributed by atoms with Gasteiger partial charge in [-0.05, 0) is 26.0 Å². The lowest BCUT2D eigenvalue weighted by molar-refractivity contribution is -0.195. The summed E-state index contributed by atoms with van der Waals surface area (Å²) in [7, 11) is 1.36. The fourth-order valence-corrected chi connectivity index (χ4v) is 3.05. The van der Waals surface area contributed by atoms with Crippen molar-refractivity contribution in [1.82, 2.24) is 10.6 Å². The Labute approximate surface area is 197 Å². The molecule has 0 radical (unpaired) electrons. The first kappa shape index (κ1) is 28.2. The van der Waals surface area contributed by atoms with E-state index in [-0.39, 0.29) is 31.5 Å². The van der Waals surface area contributed by atoms with Crippen LogP contribution in [-0.2, 0) is 19.1 Å². The van der Waals surface area contributed by atoms with Crippen LogP contribution < -0.4 is 20.3 Å². The predicted molar refractivity (Wildman–Crippen MR) is 112 cm³/mol. The minimum atomic E-state index is -4.66. The standard InChI is InChI=1S/C21H26F5N3O6/c1-11-15(16(30)29(7-8-34-4)13-9-12(22)5-6-14(13)35-11)28-18(32)19(2,33)17(31)27-10-21(25,26)20(3,23)24/h5-6,9,11,15,33H,7-8,10H2,1-4H3,(H,27,31)(H,28,32). The van der Waals surface area contributed by atoms with E-state index in [2.05, 4.69) is 5.32 Å². The summed E-state index contributed by atoms with van der Waals surface area (Å²) in [5.74, 6) is -13.7. The summed E-state index contributed by atoms with van der Waals surface area (Å²) in [6.07, 6.45) is -1.09. The molecule has 3 N–H and O–H groups in total. The minimum Gasteiger partial charge on any atom is -0.486 e. The van der Waals surface area contributed by atoms with Crippen LogP contribution in [-0.4, -0.2) is 79.2 Å². The van der Waals surface area contributed by atoms with Crippen LogP contribution in [0.5, 0.6) is 5.75 Å². The number of carbonyl (C=O) groups excluding carboxylic acids is 3. The first-order valence-electron chi connectivity index (χ1n) is 10.4. The van der Waals surface area contributed by atoms with Gasteiger partial charge in [-0.15, -0.1) is 0 Å². The van der Waals surface area contributed by atoms with Gasteiger partial charge < -0.3 is 30.1 Å². The average molecular weight is 511 g/mol. The maximum absolute atomic E-state index is 13.9. The van der Waals surface area contributed by atoms with Crippen molar-refractivity contribution in [3.05, 3.63) is 24.0 Å². The molecule has 0 bridgehead atoms. The molecule has 1 aromatic rings. The Kier molecular flexibility index (Phi) is 8.32. The van der Waals surface area contributed by atoms with Gasteiger partial charge in [0.05, 0.1) is 18.8 Å². The smallest absolute Gasteiger partial charge is 0.326 e. The zero-order valence-electron chi connectivity index (χ0n) is 19.3. The van der Waals surface area contributed by atoms with Gasteiger partial charge in [-0.25, -0.2) is 13.2 Å². The Balaban J connectivity index is 2.24. The van der Waals surface area contributed by atoms with E-state index in [1.165, 1.54) is 25.4 Å². The molecule has 9 nitrogen and oxygen atoms in total. The number of alkyl halides is 4. The number of rotatable bonds is 9. The third-order valence-electron chi connectivity index (χ3n) is 5.33. The Hall–Kier alpha value is -3.00. The van der Waals surface area contributed by atoms with E-state index in [0.29, 0.717) is 6.92 Å². The number of methoxy groups -OCH3 is 1. The molecule has 0 aliphatic carbocycles. The van der Waals surface area contributed by atoms with Crippen molar-refractivity contribution in [2.45, 2.75) is 50.4 Å². The number of carbonyl (C=O) groups is 3. The topological polar surface area (TPSA) is 117 Å². The van der Waals surface area contributed by atoms with Crippen molar-refractivity contribution in [3.8, 4) is 5.75 Å². The lowest BCUT2D eigenvalue weighted by Crippen LogP contribution is -2.63. The Morgan fingerprint density at radius 2 is 1.83 bits per heavy atom. The predicted octanol–water partition coefficient (Wildman–Crippen LogP) is 1.23. The van der Waals surface area contributed by atoms with Gasteiger partial charge in [0, 0.05) is 26.6 Å². The molecule has 1 aromatic carbocycles. The van der Waals surface area contributed by atoms with Crippen molar-refractivity contribution in [3.63, 3.8) is 0 Å². The molecule has 0 fully saturated rings. The second-order valence-electron chi connectivity index (χ2n) is 8.22. The molecule has 1 aliphatic heterocycles. The maximum atomic E-state index is 13.9. The van der Waals surface area contributed by atoms with Gasteiger partial charge in [-0.3, -0.25) is 14.4 Å². The van der Waals surface area contributed by atoms with Crippen molar-refractivity contribution in [2.75, 3.05) is 31.7 Å². The highest BCUT2D eigenvalue weighted by Crippen LogP contribution is 2.34. The van der Waals surface area contributed by atoms with Crippen molar-refractivity contribution in [1.29, 1.82) is 0 Å². The van der Waals surface area contributed by atoms with Gasteiger partial charge in [0.1, 0.15) is 23.7 Å². The number of anilines is 1. The van der Waals surface area contributed by atoms with E-state index in [4.69, 9.17) is 9.47 Å². The van der Waals surface area contributed by atoms with Gasteiger partial charge in [0.25, 0.3) is 17.7 Å². The quantitative estimate of drug-likeness (QED) is 0.339. The largest absolute Gasteiger partial charge is 0.486 e. The number of ether oxygens (including phenoxy) is 2. The summed E-state index contributed by atoms with van der Waals surface area (Å²) in [5.41, 5.74) is -2.98. The third kappa shape index (κ3) is 6.17. The average Bonchev–Trinajstić information content (AvgIpc) is 2.84. The normalized spacial score (nSPS) is 20.3. The van der Waals surface area contributed by atoms with E-state index in [9.17, 15) is 41.4 Å². The molecule has 0 saturated carbocycles. The van der Waals surface area contributed by atoms with Gasteiger partial charge in [0.2, 0.25) is 5.60 Å². The Bertz CT molecular complexity index is 969. The van der Waals surface area contributed by atoms with Crippen LogP contribution in [0.4, 0.5) is 27.6 Å². The zero-order valence-corrected chi connectivity index (χ0v) is 19.3. The summed E-state index contributed by atoms with van der Waals surface area (Å²) in [5, 5.41) is 13.9. The molecular weight excluding hydrogens is 485 g/mol. The molecule has 0 saturated heterocycles. The highest BCUT2D eigenvalue weighted by atomic mass is 19.3. The van der Waals surface area contributed by atoms with Crippen LogP contribution in [0.2, 0.25) is 0 Å². The van der Waals surface area contributed by atoms with Crippen LogP contribution in [0.1, 0.15) is 20.8 Å². The molecule has 0 spiro atoms. The molecule has 1 aliphatic rings. The summed E-state index contributed by atoms with van der Waals surface area (Å²) in [6.45, 7) is 0.0566. The maximum Gasteiger partial charge on any atom is 0.326 e. The number of benzene rings is 1. The Morgan fingerprint density at radius 1 is 1.20 bits per heavy atom. The summed E-state index contributed by atoms with van der Waals surface area (Å²) in [6, 6.07) is 1.88. The van der Waals surface area contributed by atoms with Crippen LogP contribution in [0.3, 0.4) is 0 Å². The van der Waals surface area contributed by atoms with Gasteiger partial charge in [0.15, 0.2) is 0 Å². The van der Waals surface area contributed by atoms with Crippen LogP contribution in [0.25, 0.3) is 0 Å². The van der Waals surface area contributed by atoms with E-state index < -0.39 is 59.7 Å².